The summed E-state index contributed by atoms with van der Waals surface area (Å²) in [5.41, 5.74) is 4.49. The van der Waals surface area contributed by atoms with Gasteiger partial charge in [-0.3, -0.25) is 9.59 Å². The SMILES string of the molecule is O=C(COc1ccc(/C=N\NC(=O)c2ccccc2Br)cc1)Nc1ccc(I)cc1. The zero-order valence-corrected chi connectivity index (χ0v) is 19.4. The number of hydrogen-bond acceptors (Lipinski definition) is 4. The van der Waals surface area contributed by atoms with Crippen LogP contribution in [0.3, 0.4) is 0 Å². The van der Waals surface area contributed by atoms with Crippen molar-refractivity contribution in [3.8, 4) is 5.75 Å². The molecule has 8 heteroatoms. The summed E-state index contributed by atoms with van der Waals surface area (Å²) in [4.78, 5) is 24.1. The van der Waals surface area contributed by atoms with E-state index < -0.39 is 0 Å². The monoisotopic (exact) mass is 577 g/mol. The molecule has 3 rings (SSSR count). The second kappa shape index (κ2) is 10.9. The number of carbonyl (C=O) groups excluding carboxylic acids is 2. The molecule has 0 bridgehead atoms. The van der Waals surface area contributed by atoms with E-state index in [4.69, 9.17) is 4.74 Å². The molecule has 0 saturated heterocycles. The van der Waals surface area contributed by atoms with E-state index in [0.717, 1.165) is 14.8 Å². The number of halogens is 2. The maximum atomic E-state index is 12.1. The molecule has 0 fully saturated rings. The van der Waals surface area contributed by atoms with Crippen LogP contribution in [0.5, 0.6) is 5.75 Å². The summed E-state index contributed by atoms with van der Waals surface area (Å²) in [5.74, 6) is 0.0108. The van der Waals surface area contributed by atoms with Crippen LogP contribution in [0, 0.1) is 3.57 Å². The number of amides is 2. The lowest BCUT2D eigenvalue weighted by molar-refractivity contribution is -0.118. The number of nitrogens with one attached hydrogen (secondary N) is 2. The van der Waals surface area contributed by atoms with Crippen LogP contribution in [0.15, 0.2) is 82.4 Å². The molecule has 0 radical (unpaired) electrons. The molecule has 0 saturated carbocycles. The Labute approximate surface area is 196 Å². The zero-order chi connectivity index (χ0) is 21.3. The van der Waals surface area contributed by atoms with Gasteiger partial charge < -0.3 is 10.1 Å². The summed E-state index contributed by atoms with van der Waals surface area (Å²) in [6, 6.07) is 21.6. The molecule has 152 valence electrons. The first-order valence-electron chi connectivity index (χ1n) is 8.87. The molecule has 0 spiro atoms. The summed E-state index contributed by atoms with van der Waals surface area (Å²) in [5, 5.41) is 6.74. The number of ether oxygens (including phenoxy) is 1. The van der Waals surface area contributed by atoms with Crippen LogP contribution in [0.4, 0.5) is 5.69 Å². The molecule has 3 aromatic carbocycles. The van der Waals surface area contributed by atoms with E-state index >= 15 is 0 Å². The molecule has 0 unspecified atom stereocenters. The topological polar surface area (TPSA) is 79.8 Å². The Kier molecular flexibility index (Phi) is 7.97. The summed E-state index contributed by atoms with van der Waals surface area (Å²) < 4.78 is 7.29. The second-order valence-electron chi connectivity index (χ2n) is 6.09. The molecule has 0 heterocycles. The van der Waals surface area contributed by atoms with Crippen molar-refractivity contribution in [1.82, 2.24) is 5.43 Å². The van der Waals surface area contributed by atoms with Crippen molar-refractivity contribution in [1.29, 1.82) is 0 Å². The van der Waals surface area contributed by atoms with Crippen molar-refractivity contribution < 1.29 is 14.3 Å². The third-order valence-electron chi connectivity index (χ3n) is 3.88. The van der Waals surface area contributed by atoms with Crippen molar-refractivity contribution in [3.63, 3.8) is 0 Å². The molecule has 0 atom stereocenters. The van der Waals surface area contributed by atoms with Gasteiger partial charge in [0.15, 0.2) is 6.61 Å². The highest BCUT2D eigenvalue weighted by Gasteiger charge is 2.07. The molecule has 0 aliphatic carbocycles. The molecule has 0 aromatic heterocycles. The Morgan fingerprint density at radius 2 is 1.70 bits per heavy atom. The quantitative estimate of drug-likeness (QED) is 0.240. The fourth-order valence-electron chi connectivity index (χ4n) is 2.40. The van der Waals surface area contributed by atoms with Gasteiger partial charge in [0.05, 0.1) is 11.8 Å². The maximum Gasteiger partial charge on any atom is 0.272 e. The summed E-state index contributed by atoms with van der Waals surface area (Å²) in [6.45, 7) is -0.0958. The first-order valence-corrected chi connectivity index (χ1v) is 10.7. The number of benzene rings is 3. The highest BCUT2D eigenvalue weighted by Crippen LogP contribution is 2.16. The summed E-state index contributed by atoms with van der Waals surface area (Å²) in [6.07, 6.45) is 1.53. The number of hydrogen-bond donors (Lipinski definition) is 2. The fraction of sp³-hybridized carbons (Fsp3) is 0.0455. The van der Waals surface area contributed by atoms with Crippen molar-refractivity contribution in [2.45, 2.75) is 0 Å². The predicted octanol–water partition coefficient (Wildman–Crippen LogP) is 4.84. The minimum atomic E-state index is -0.308. The van der Waals surface area contributed by atoms with E-state index in [-0.39, 0.29) is 18.4 Å². The van der Waals surface area contributed by atoms with Gasteiger partial charge in [-0.15, -0.1) is 0 Å². The van der Waals surface area contributed by atoms with Gasteiger partial charge in [-0.05, 0) is 105 Å². The smallest absolute Gasteiger partial charge is 0.272 e. The largest absolute Gasteiger partial charge is 0.484 e. The molecule has 0 aliphatic heterocycles. The second-order valence-corrected chi connectivity index (χ2v) is 8.19. The highest BCUT2D eigenvalue weighted by atomic mass is 127. The fourth-order valence-corrected chi connectivity index (χ4v) is 3.22. The van der Waals surface area contributed by atoms with Gasteiger partial charge in [0.1, 0.15) is 5.75 Å². The van der Waals surface area contributed by atoms with Gasteiger partial charge in [-0.2, -0.15) is 5.10 Å². The number of hydrazone groups is 1. The van der Waals surface area contributed by atoms with E-state index in [1.165, 1.54) is 6.21 Å². The van der Waals surface area contributed by atoms with E-state index in [9.17, 15) is 9.59 Å². The molecule has 3 aromatic rings. The van der Waals surface area contributed by atoms with Crippen LogP contribution in [0.2, 0.25) is 0 Å². The summed E-state index contributed by atoms with van der Waals surface area (Å²) >= 11 is 5.54. The molecule has 2 amide bonds. The van der Waals surface area contributed by atoms with Crippen LogP contribution in [-0.2, 0) is 4.79 Å². The Balaban J connectivity index is 1.47. The lowest BCUT2D eigenvalue weighted by Gasteiger charge is -2.08. The van der Waals surface area contributed by atoms with Crippen molar-refractivity contribution >= 4 is 62.2 Å². The van der Waals surface area contributed by atoms with E-state index in [1.54, 1.807) is 42.5 Å². The van der Waals surface area contributed by atoms with Crippen molar-refractivity contribution in [2.75, 3.05) is 11.9 Å². The van der Waals surface area contributed by atoms with E-state index in [2.05, 4.69) is 54.4 Å². The molecular formula is C22H17BrIN3O3. The van der Waals surface area contributed by atoms with Crippen LogP contribution in [-0.4, -0.2) is 24.6 Å². The number of nitrogens with zero attached hydrogens (tertiary/aromatic N) is 1. The van der Waals surface area contributed by atoms with Gasteiger partial charge in [0, 0.05) is 13.7 Å². The highest BCUT2D eigenvalue weighted by molar-refractivity contribution is 14.1. The predicted molar refractivity (Wildman–Crippen MR) is 129 cm³/mol. The normalized spacial score (nSPS) is 10.6. The van der Waals surface area contributed by atoms with E-state index in [0.29, 0.717) is 15.8 Å². The van der Waals surface area contributed by atoms with Gasteiger partial charge in [0.2, 0.25) is 0 Å². The summed E-state index contributed by atoms with van der Waals surface area (Å²) in [7, 11) is 0. The minimum Gasteiger partial charge on any atom is -0.484 e. The van der Waals surface area contributed by atoms with Gasteiger partial charge in [-0.1, -0.05) is 12.1 Å². The lowest BCUT2D eigenvalue weighted by atomic mass is 10.2. The van der Waals surface area contributed by atoms with Crippen LogP contribution < -0.4 is 15.5 Å². The third-order valence-corrected chi connectivity index (χ3v) is 5.29. The molecular weight excluding hydrogens is 561 g/mol. The molecule has 2 N–H and O–H groups in total. The Morgan fingerprint density at radius 3 is 2.40 bits per heavy atom. The first-order chi connectivity index (χ1) is 14.5. The standard InChI is InChI=1S/C22H17BrIN3O3/c23-20-4-2-1-3-19(20)22(29)27-25-13-15-5-11-18(12-6-15)30-14-21(28)26-17-9-7-16(24)8-10-17/h1-13H,14H2,(H,26,28)(H,27,29)/b25-13-. The average Bonchev–Trinajstić information content (AvgIpc) is 2.75. The van der Waals surface area contributed by atoms with Gasteiger partial charge in [-0.25, -0.2) is 5.43 Å². The van der Waals surface area contributed by atoms with Crippen LogP contribution in [0.1, 0.15) is 15.9 Å². The number of rotatable bonds is 7. The molecule has 6 nitrogen and oxygen atoms in total. The maximum absolute atomic E-state index is 12.1. The Morgan fingerprint density at radius 1 is 1.00 bits per heavy atom. The zero-order valence-electron chi connectivity index (χ0n) is 15.6. The molecule has 30 heavy (non-hydrogen) atoms. The van der Waals surface area contributed by atoms with Crippen molar-refractivity contribution in [3.05, 3.63) is 92.0 Å². The first kappa shape index (κ1) is 22.0. The van der Waals surface area contributed by atoms with Crippen LogP contribution in [0.25, 0.3) is 0 Å². The number of anilines is 1. The third kappa shape index (κ3) is 6.67. The Hall–Kier alpha value is -2.72. The van der Waals surface area contributed by atoms with Gasteiger partial charge >= 0.3 is 0 Å². The van der Waals surface area contributed by atoms with Crippen molar-refractivity contribution in [2.24, 2.45) is 5.10 Å². The number of carbonyl (C=O) groups is 2. The average molecular weight is 578 g/mol. The minimum absolute atomic E-state index is 0.0958. The Bertz CT molecular complexity index is 1050. The molecule has 0 aliphatic rings. The van der Waals surface area contributed by atoms with Gasteiger partial charge in [0.25, 0.3) is 11.8 Å². The van der Waals surface area contributed by atoms with E-state index in [1.807, 2.05) is 30.3 Å². The lowest BCUT2D eigenvalue weighted by Crippen LogP contribution is -2.20. The van der Waals surface area contributed by atoms with Crippen LogP contribution >= 0.6 is 38.5 Å².